The van der Waals surface area contributed by atoms with Crippen molar-refractivity contribution < 1.29 is 10.2 Å². The summed E-state index contributed by atoms with van der Waals surface area (Å²) in [7, 11) is 0. The van der Waals surface area contributed by atoms with E-state index in [1.165, 1.54) is 32.1 Å². The molecule has 0 heterocycles. The molecule has 0 aromatic rings. The standard InChI is InChI=1S/C16H32O2/c1-14(2)10-8-6-5-7-9-11-16(12-17,13-18)15(14,3)4/h17-18H,5-13H2,1-4H3. The maximum absolute atomic E-state index is 9.93. The Balaban J connectivity index is 3.08. The van der Waals surface area contributed by atoms with Crippen LogP contribution in [0, 0.1) is 16.2 Å². The highest BCUT2D eigenvalue weighted by molar-refractivity contribution is 5.00. The van der Waals surface area contributed by atoms with E-state index in [1.54, 1.807) is 0 Å². The van der Waals surface area contributed by atoms with Gasteiger partial charge in [0.1, 0.15) is 0 Å². The fourth-order valence-corrected chi connectivity index (χ4v) is 3.51. The van der Waals surface area contributed by atoms with E-state index < -0.39 is 0 Å². The van der Waals surface area contributed by atoms with E-state index in [-0.39, 0.29) is 29.5 Å². The Morgan fingerprint density at radius 2 is 1.17 bits per heavy atom. The number of hydrogen-bond donors (Lipinski definition) is 2. The second-order valence-electron chi connectivity index (χ2n) is 7.37. The lowest BCUT2D eigenvalue weighted by Crippen LogP contribution is -2.52. The molecule has 0 saturated heterocycles. The number of aliphatic hydroxyl groups is 2. The first-order chi connectivity index (χ1) is 8.33. The van der Waals surface area contributed by atoms with Crippen LogP contribution in [0.3, 0.4) is 0 Å². The number of rotatable bonds is 2. The summed E-state index contributed by atoms with van der Waals surface area (Å²) in [6, 6.07) is 0. The molecule has 0 radical (unpaired) electrons. The molecule has 0 atom stereocenters. The smallest absolute Gasteiger partial charge is 0.0514 e. The maximum Gasteiger partial charge on any atom is 0.0514 e. The van der Waals surface area contributed by atoms with Gasteiger partial charge in [0.2, 0.25) is 0 Å². The minimum absolute atomic E-state index is 0.0547. The highest BCUT2D eigenvalue weighted by Gasteiger charge is 2.51. The quantitative estimate of drug-likeness (QED) is 0.790. The Labute approximate surface area is 113 Å². The molecule has 0 aliphatic heterocycles. The van der Waals surface area contributed by atoms with E-state index in [0.717, 1.165) is 12.8 Å². The van der Waals surface area contributed by atoms with Crippen LogP contribution in [0.5, 0.6) is 0 Å². The average Bonchev–Trinajstić information content (AvgIpc) is 2.32. The van der Waals surface area contributed by atoms with Crippen LogP contribution in [-0.2, 0) is 0 Å². The van der Waals surface area contributed by atoms with Gasteiger partial charge in [-0.1, -0.05) is 59.8 Å². The van der Waals surface area contributed by atoms with Gasteiger partial charge in [-0.3, -0.25) is 0 Å². The van der Waals surface area contributed by atoms with Crippen LogP contribution in [0.25, 0.3) is 0 Å². The van der Waals surface area contributed by atoms with Gasteiger partial charge >= 0.3 is 0 Å². The van der Waals surface area contributed by atoms with Crippen LogP contribution in [0.4, 0.5) is 0 Å². The molecule has 0 unspecified atom stereocenters. The van der Waals surface area contributed by atoms with E-state index in [1.807, 2.05) is 0 Å². The van der Waals surface area contributed by atoms with Gasteiger partial charge in [-0.05, 0) is 23.7 Å². The summed E-state index contributed by atoms with van der Waals surface area (Å²) in [6.07, 6.45) is 8.37. The summed E-state index contributed by atoms with van der Waals surface area (Å²) in [4.78, 5) is 0. The molecule has 1 aliphatic carbocycles. The van der Waals surface area contributed by atoms with Gasteiger partial charge in [0.15, 0.2) is 0 Å². The van der Waals surface area contributed by atoms with Crippen molar-refractivity contribution in [3.05, 3.63) is 0 Å². The van der Waals surface area contributed by atoms with E-state index >= 15 is 0 Å². The largest absolute Gasteiger partial charge is 0.396 e. The van der Waals surface area contributed by atoms with Crippen molar-refractivity contribution in [3.8, 4) is 0 Å². The number of aliphatic hydroxyl groups excluding tert-OH is 2. The normalized spacial score (nSPS) is 27.7. The summed E-state index contributed by atoms with van der Waals surface area (Å²) in [5.41, 5.74) is -0.246. The molecule has 0 bridgehead atoms. The molecule has 0 aromatic heterocycles. The Kier molecular flexibility index (Phi) is 5.25. The molecular weight excluding hydrogens is 224 g/mol. The lowest BCUT2D eigenvalue weighted by Gasteiger charge is -2.54. The summed E-state index contributed by atoms with van der Waals surface area (Å²) >= 11 is 0. The van der Waals surface area contributed by atoms with Gasteiger partial charge in [0, 0.05) is 5.41 Å². The van der Waals surface area contributed by atoms with E-state index in [0.29, 0.717) is 0 Å². The summed E-state index contributed by atoms with van der Waals surface area (Å²) in [5, 5.41) is 19.9. The molecule has 0 amide bonds. The van der Waals surface area contributed by atoms with Crippen LogP contribution in [0.1, 0.15) is 72.6 Å². The lowest BCUT2D eigenvalue weighted by molar-refractivity contribution is -0.115. The predicted octanol–water partition coefficient (Wildman–Crippen LogP) is 3.75. The molecule has 0 aromatic carbocycles. The summed E-state index contributed by atoms with van der Waals surface area (Å²) in [5.74, 6) is 0. The predicted molar refractivity (Wildman–Crippen MR) is 76.5 cm³/mol. The fourth-order valence-electron chi connectivity index (χ4n) is 3.51. The number of hydrogen-bond acceptors (Lipinski definition) is 2. The van der Waals surface area contributed by atoms with Crippen LogP contribution < -0.4 is 0 Å². The second kappa shape index (κ2) is 5.92. The summed E-state index contributed by atoms with van der Waals surface area (Å²) in [6.45, 7) is 9.27. The zero-order valence-electron chi connectivity index (χ0n) is 12.8. The van der Waals surface area contributed by atoms with Crippen LogP contribution in [0.2, 0.25) is 0 Å². The minimum atomic E-state index is -0.339. The van der Waals surface area contributed by atoms with Gasteiger partial charge in [-0.15, -0.1) is 0 Å². The molecule has 1 rings (SSSR count). The van der Waals surface area contributed by atoms with Crippen molar-refractivity contribution in [2.75, 3.05) is 13.2 Å². The molecular formula is C16H32O2. The molecule has 1 fully saturated rings. The molecule has 2 heteroatoms. The Morgan fingerprint density at radius 3 is 1.67 bits per heavy atom. The van der Waals surface area contributed by atoms with Crippen molar-refractivity contribution in [2.24, 2.45) is 16.2 Å². The van der Waals surface area contributed by atoms with E-state index in [4.69, 9.17) is 0 Å². The van der Waals surface area contributed by atoms with Gasteiger partial charge in [-0.2, -0.15) is 0 Å². The van der Waals surface area contributed by atoms with Gasteiger partial charge in [-0.25, -0.2) is 0 Å². The highest BCUT2D eigenvalue weighted by atomic mass is 16.3. The third kappa shape index (κ3) is 2.75. The maximum atomic E-state index is 9.93. The Bertz CT molecular complexity index is 252. The molecule has 2 N–H and O–H groups in total. The fraction of sp³-hybridized carbons (Fsp3) is 1.00. The van der Waals surface area contributed by atoms with Crippen molar-refractivity contribution in [2.45, 2.75) is 72.6 Å². The zero-order valence-corrected chi connectivity index (χ0v) is 12.8. The van der Waals surface area contributed by atoms with Crippen molar-refractivity contribution >= 4 is 0 Å². The van der Waals surface area contributed by atoms with Gasteiger partial charge < -0.3 is 10.2 Å². The van der Waals surface area contributed by atoms with E-state index in [9.17, 15) is 10.2 Å². The van der Waals surface area contributed by atoms with Gasteiger partial charge in [0.25, 0.3) is 0 Å². The Hall–Kier alpha value is -0.0800. The SMILES string of the molecule is CC1(C)CCCCCCCC(CO)(CO)C1(C)C. The molecule has 1 saturated carbocycles. The topological polar surface area (TPSA) is 40.5 Å². The van der Waals surface area contributed by atoms with E-state index in [2.05, 4.69) is 27.7 Å². The first kappa shape index (κ1) is 16.0. The highest BCUT2D eigenvalue weighted by Crippen LogP contribution is 2.56. The third-order valence-corrected chi connectivity index (χ3v) is 6.08. The Morgan fingerprint density at radius 1 is 0.722 bits per heavy atom. The van der Waals surface area contributed by atoms with Gasteiger partial charge in [0.05, 0.1) is 13.2 Å². The zero-order chi connectivity index (χ0) is 13.9. The minimum Gasteiger partial charge on any atom is -0.396 e. The summed E-state index contributed by atoms with van der Waals surface area (Å²) < 4.78 is 0. The van der Waals surface area contributed by atoms with Crippen molar-refractivity contribution in [1.82, 2.24) is 0 Å². The molecule has 0 spiro atoms. The van der Waals surface area contributed by atoms with Crippen LogP contribution in [0.15, 0.2) is 0 Å². The second-order valence-corrected chi connectivity index (χ2v) is 7.37. The molecule has 2 nitrogen and oxygen atoms in total. The average molecular weight is 256 g/mol. The monoisotopic (exact) mass is 256 g/mol. The van der Waals surface area contributed by atoms with Crippen molar-refractivity contribution in [3.63, 3.8) is 0 Å². The first-order valence-electron chi connectivity index (χ1n) is 7.55. The molecule has 108 valence electrons. The molecule has 18 heavy (non-hydrogen) atoms. The third-order valence-electron chi connectivity index (χ3n) is 6.08. The lowest BCUT2D eigenvalue weighted by atomic mass is 9.51. The first-order valence-corrected chi connectivity index (χ1v) is 7.55. The molecule has 1 aliphatic rings. The van der Waals surface area contributed by atoms with Crippen molar-refractivity contribution in [1.29, 1.82) is 0 Å². The van der Waals surface area contributed by atoms with Crippen LogP contribution in [-0.4, -0.2) is 23.4 Å². The van der Waals surface area contributed by atoms with Crippen LogP contribution >= 0.6 is 0 Å².